The summed E-state index contributed by atoms with van der Waals surface area (Å²) in [4.78, 5) is 12.0. The molecule has 1 aromatic carbocycles. The third-order valence-electron chi connectivity index (χ3n) is 1.26. The van der Waals surface area contributed by atoms with Crippen LogP contribution in [0.3, 0.4) is 0 Å². The molecule has 0 saturated carbocycles. The molecule has 1 rings (SSSR count). The van der Waals surface area contributed by atoms with Gasteiger partial charge in [0.1, 0.15) is 5.75 Å². The van der Waals surface area contributed by atoms with Gasteiger partial charge in [0.2, 0.25) is 0 Å². The lowest BCUT2D eigenvalue weighted by Crippen LogP contribution is -1.86. The molecule has 0 saturated heterocycles. The number of non-ortho nitro benzene ring substituents is 1. The van der Waals surface area contributed by atoms with Gasteiger partial charge >= 0.3 is 0 Å². The number of benzene rings is 1. The second kappa shape index (κ2) is 3.42. The average molecular weight is 180 g/mol. The number of aromatic hydroxyl groups is 1. The minimum Gasteiger partial charge on any atom is -0.508 e. The Labute approximate surface area is 72.0 Å². The zero-order valence-electron chi connectivity index (χ0n) is 6.28. The molecule has 0 spiro atoms. The first-order valence-corrected chi connectivity index (χ1v) is 3.17. The van der Waals surface area contributed by atoms with E-state index in [1.807, 2.05) is 0 Å². The summed E-state index contributed by atoms with van der Waals surface area (Å²) in [6.45, 7) is 0. The topological polar surface area (TPSA) is 112 Å². The highest BCUT2D eigenvalue weighted by molar-refractivity contribution is 5.52. The van der Waals surface area contributed by atoms with Crippen LogP contribution in [0.4, 0.5) is 11.4 Å². The summed E-state index contributed by atoms with van der Waals surface area (Å²) >= 11 is 0. The van der Waals surface area contributed by atoms with Crippen molar-refractivity contribution in [3.8, 4) is 5.75 Å². The van der Waals surface area contributed by atoms with E-state index in [1.54, 1.807) is 0 Å². The summed E-state index contributed by atoms with van der Waals surface area (Å²) in [7, 11) is 0. The van der Waals surface area contributed by atoms with Gasteiger partial charge in [-0.15, -0.1) is 0 Å². The van der Waals surface area contributed by atoms with Crippen molar-refractivity contribution in [2.75, 3.05) is 0 Å². The van der Waals surface area contributed by atoms with E-state index in [4.69, 9.17) is 10.6 Å². The second-order valence-electron chi connectivity index (χ2n) is 2.15. The van der Waals surface area contributed by atoms with Crippen molar-refractivity contribution in [3.63, 3.8) is 0 Å². The molecular formula is C6H4N4O3. The smallest absolute Gasteiger partial charge is 0.273 e. The molecule has 0 unspecified atom stereocenters. The van der Waals surface area contributed by atoms with Gasteiger partial charge in [0, 0.05) is 16.7 Å². The summed E-state index contributed by atoms with van der Waals surface area (Å²) in [6, 6.07) is 3.17. The first-order valence-electron chi connectivity index (χ1n) is 3.17. The lowest BCUT2D eigenvalue weighted by molar-refractivity contribution is -0.384. The predicted molar refractivity (Wildman–Crippen MR) is 43.6 cm³/mol. The molecule has 0 aliphatic heterocycles. The van der Waals surface area contributed by atoms with Crippen LogP contribution in [-0.4, -0.2) is 10.0 Å². The van der Waals surface area contributed by atoms with Gasteiger partial charge in [0.15, 0.2) is 0 Å². The summed E-state index contributed by atoms with van der Waals surface area (Å²) in [5.74, 6) is -0.309. The molecular weight excluding hydrogens is 176 g/mol. The van der Waals surface area contributed by atoms with Crippen molar-refractivity contribution < 1.29 is 10.0 Å². The maximum atomic E-state index is 10.3. The molecule has 0 fully saturated rings. The molecule has 7 nitrogen and oxygen atoms in total. The molecule has 0 radical (unpaired) electrons. The quantitative estimate of drug-likeness (QED) is 0.247. The molecule has 0 amide bonds. The number of hydrogen-bond donors (Lipinski definition) is 1. The van der Waals surface area contributed by atoms with Gasteiger partial charge in [-0.05, 0) is 11.6 Å². The van der Waals surface area contributed by atoms with Crippen molar-refractivity contribution in [1.29, 1.82) is 0 Å². The van der Waals surface area contributed by atoms with E-state index in [0.29, 0.717) is 0 Å². The highest BCUT2D eigenvalue weighted by Crippen LogP contribution is 2.26. The fraction of sp³-hybridized carbons (Fsp3) is 0. The molecule has 13 heavy (non-hydrogen) atoms. The van der Waals surface area contributed by atoms with Crippen LogP contribution >= 0.6 is 0 Å². The first-order chi connectivity index (χ1) is 6.13. The Bertz CT molecular complexity index is 377. The standard InChI is InChI=1S/C6H4N4O3/c7-9-8-4-1-5(10(12)13)3-6(11)2-4/h1-3,11H. The van der Waals surface area contributed by atoms with Crippen molar-refractivity contribution in [2.45, 2.75) is 0 Å². The maximum absolute atomic E-state index is 10.3. The molecule has 1 N–H and O–H groups in total. The number of hydrogen-bond acceptors (Lipinski definition) is 4. The maximum Gasteiger partial charge on any atom is 0.273 e. The molecule has 0 aliphatic carbocycles. The molecule has 0 bridgehead atoms. The average Bonchev–Trinajstić information content (AvgIpc) is 2.03. The van der Waals surface area contributed by atoms with Gasteiger partial charge in [0.05, 0.1) is 11.0 Å². The van der Waals surface area contributed by atoms with E-state index in [-0.39, 0.29) is 17.1 Å². The Morgan fingerprint density at radius 3 is 2.77 bits per heavy atom. The first kappa shape index (κ1) is 8.82. The SMILES string of the molecule is [N-]=[N+]=Nc1cc(O)cc([N+](=O)[O-])c1. The van der Waals surface area contributed by atoms with Crippen LogP contribution in [-0.2, 0) is 0 Å². The van der Waals surface area contributed by atoms with E-state index in [2.05, 4.69) is 10.0 Å². The number of phenolic OH excluding ortho intramolecular Hbond substituents is 1. The number of azide groups is 1. The van der Waals surface area contributed by atoms with Gasteiger partial charge in [-0.25, -0.2) is 0 Å². The Hall–Kier alpha value is -2.27. The highest BCUT2D eigenvalue weighted by Gasteiger charge is 2.07. The number of rotatable bonds is 2. The fourth-order valence-electron chi connectivity index (χ4n) is 0.794. The van der Waals surface area contributed by atoms with Gasteiger partial charge in [-0.2, -0.15) is 0 Å². The van der Waals surface area contributed by atoms with E-state index in [1.165, 1.54) is 0 Å². The van der Waals surface area contributed by atoms with Gasteiger partial charge in [-0.1, -0.05) is 5.11 Å². The number of nitro benzene ring substituents is 1. The molecule has 0 aromatic heterocycles. The molecule has 0 aliphatic rings. The zero-order valence-corrected chi connectivity index (χ0v) is 6.28. The minimum absolute atomic E-state index is 0.00852. The second-order valence-corrected chi connectivity index (χ2v) is 2.15. The summed E-state index contributed by atoms with van der Waals surface area (Å²) < 4.78 is 0. The van der Waals surface area contributed by atoms with Crippen LogP contribution in [0.25, 0.3) is 10.4 Å². The Kier molecular flexibility index (Phi) is 2.32. The van der Waals surface area contributed by atoms with Gasteiger partial charge in [-0.3, -0.25) is 10.1 Å². The third-order valence-corrected chi connectivity index (χ3v) is 1.26. The van der Waals surface area contributed by atoms with Crippen LogP contribution in [0.15, 0.2) is 23.3 Å². The van der Waals surface area contributed by atoms with Crippen molar-refractivity contribution >= 4 is 11.4 Å². The van der Waals surface area contributed by atoms with E-state index < -0.39 is 4.92 Å². The molecule has 0 heterocycles. The molecule has 7 heteroatoms. The summed E-state index contributed by atoms with van der Waals surface area (Å²) in [6.07, 6.45) is 0. The lowest BCUT2D eigenvalue weighted by Gasteiger charge is -1.94. The van der Waals surface area contributed by atoms with Crippen LogP contribution in [0.5, 0.6) is 5.75 Å². The van der Waals surface area contributed by atoms with Crippen molar-refractivity contribution in [3.05, 3.63) is 38.8 Å². The summed E-state index contributed by atoms with van der Waals surface area (Å²) in [5, 5.41) is 22.4. The van der Waals surface area contributed by atoms with Gasteiger partial charge in [0.25, 0.3) is 5.69 Å². The highest BCUT2D eigenvalue weighted by atomic mass is 16.6. The monoisotopic (exact) mass is 180 g/mol. The van der Waals surface area contributed by atoms with Crippen LogP contribution in [0.2, 0.25) is 0 Å². The number of phenols is 1. The Morgan fingerprint density at radius 2 is 2.23 bits per heavy atom. The third kappa shape index (κ3) is 2.08. The van der Waals surface area contributed by atoms with Crippen LogP contribution in [0.1, 0.15) is 0 Å². The fourth-order valence-corrected chi connectivity index (χ4v) is 0.794. The summed E-state index contributed by atoms with van der Waals surface area (Å²) in [5.41, 5.74) is 7.74. The number of nitrogens with zero attached hydrogens (tertiary/aromatic N) is 4. The van der Waals surface area contributed by atoms with Crippen LogP contribution < -0.4 is 0 Å². The molecule has 0 atom stereocenters. The Morgan fingerprint density at radius 1 is 1.54 bits per heavy atom. The van der Waals surface area contributed by atoms with E-state index in [9.17, 15) is 10.1 Å². The van der Waals surface area contributed by atoms with Crippen molar-refractivity contribution in [1.82, 2.24) is 0 Å². The number of nitro groups is 1. The minimum atomic E-state index is -0.684. The largest absolute Gasteiger partial charge is 0.508 e. The van der Waals surface area contributed by atoms with Gasteiger partial charge < -0.3 is 5.11 Å². The zero-order chi connectivity index (χ0) is 9.84. The molecule has 66 valence electrons. The van der Waals surface area contributed by atoms with Crippen LogP contribution in [0, 0.1) is 10.1 Å². The van der Waals surface area contributed by atoms with E-state index in [0.717, 1.165) is 18.2 Å². The predicted octanol–water partition coefficient (Wildman–Crippen LogP) is 2.24. The normalized spacial score (nSPS) is 8.92. The molecule has 1 aromatic rings. The van der Waals surface area contributed by atoms with Crippen molar-refractivity contribution in [2.24, 2.45) is 5.11 Å². The lowest BCUT2D eigenvalue weighted by atomic mass is 10.3. The van der Waals surface area contributed by atoms with E-state index >= 15 is 0 Å². The Balaban J connectivity index is 3.26.